The Bertz CT molecular complexity index is 1770. The van der Waals surface area contributed by atoms with Crippen LogP contribution in [0.25, 0.3) is 0 Å². The number of esters is 2. The molecule has 0 unspecified atom stereocenters. The van der Waals surface area contributed by atoms with E-state index >= 15 is 0 Å². The van der Waals surface area contributed by atoms with Crippen molar-refractivity contribution in [2.24, 2.45) is 11.7 Å². The monoisotopic (exact) mass is 668 g/mol. The van der Waals surface area contributed by atoms with Gasteiger partial charge >= 0.3 is 18.1 Å². The molecule has 1 aliphatic heterocycles. The minimum absolute atomic E-state index is 0.00273. The largest absolute Gasteiger partial charge is 0.497 e. The van der Waals surface area contributed by atoms with Crippen molar-refractivity contribution < 1.29 is 41.8 Å². The lowest BCUT2D eigenvalue weighted by Crippen LogP contribution is -2.46. The van der Waals surface area contributed by atoms with Crippen LogP contribution in [0.15, 0.2) is 95.5 Å². The Hall–Kier alpha value is -4.77. The predicted molar refractivity (Wildman–Crippen MR) is 168 cm³/mol. The highest BCUT2D eigenvalue weighted by Gasteiger charge is 2.51. The quantitative estimate of drug-likeness (QED) is 0.204. The van der Waals surface area contributed by atoms with Crippen LogP contribution in [0.4, 0.5) is 18.9 Å². The molecule has 5 rings (SSSR count). The highest BCUT2D eigenvalue weighted by atomic mass is 35.5. The number of nitrogens with zero attached hydrogens (tertiary/aromatic N) is 1. The number of allylic oxidation sites excluding steroid dienone is 2. The Kier molecular flexibility index (Phi) is 9.67. The minimum Gasteiger partial charge on any atom is -0.497 e. The van der Waals surface area contributed by atoms with Gasteiger partial charge in [0.25, 0.3) is 0 Å². The van der Waals surface area contributed by atoms with Gasteiger partial charge in [0.1, 0.15) is 17.5 Å². The predicted octanol–water partition coefficient (Wildman–Crippen LogP) is 6.89. The number of alkyl halides is 3. The Balaban J connectivity index is 1.84. The summed E-state index contributed by atoms with van der Waals surface area (Å²) in [5.41, 5.74) is 6.85. The van der Waals surface area contributed by atoms with Crippen molar-refractivity contribution in [3.63, 3.8) is 0 Å². The number of methoxy groups -OCH3 is 1. The van der Waals surface area contributed by atoms with Crippen molar-refractivity contribution in [1.82, 2.24) is 0 Å². The first-order valence-electron chi connectivity index (χ1n) is 14.9. The maximum atomic E-state index is 14.9. The zero-order chi connectivity index (χ0) is 34.0. The molecule has 0 radical (unpaired) electrons. The van der Waals surface area contributed by atoms with Crippen molar-refractivity contribution in [2.75, 3.05) is 25.2 Å². The summed E-state index contributed by atoms with van der Waals surface area (Å²) in [5.74, 6) is -5.38. The highest BCUT2D eigenvalue weighted by molar-refractivity contribution is 6.30. The summed E-state index contributed by atoms with van der Waals surface area (Å²) < 4.78 is 58.0. The molecule has 1 heterocycles. The number of Topliss-reactive ketones (excluding diaryl/α,β-unsaturated/α-hetero) is 1. The third-order valence-electron chi connectivity index (χ3n) is 8.23. The van der Waals surface area contributed by atoms with Gasteiger partial charge in [-0.3, -0.25) is 14.5 Å². The third kappa shape index (κ3) is 6.44. The van der Waals surface area contributed by atoms with Crippen LogP contribution in [0.3, 0.4) is 0 Å². The summed E-state index contributed by atoms with van der Waals surface area (Å²) in [5, 5.41) is 0.386. The van der Waals surface area contributed by atoms with E-state index in [-0.39, 0.29) is 48.0 Å². The summed E-state index contributed by atoms with van der Waals surface area (Å²) >= 11 is 6.18. The van der Waals surface area contributed by atoms with Crippen molar-refractivity contribution in [3.05, 3.63) is 117 Å². The highest BCUT2D eigenvalue weighted by Crippen LogP contribution is 2.52. The van der Waals surface area contributed by atoms with Crippen LogP contribution in [0, 0.1) is 5.92 Å². The lowest BCUT2D eigenvalue weighted by Gasteiger charge is -2.44. The van der Waals surface area contributed by atoms with Gasteiger partial charge in [-0.25, -0.2) is 4.79 Å². The first kappa shape index (κ1) is 33.6. The summed E-state index contributed by atoms with van der Waals surface area (Å²) in [6, 6.07) is 17.6. The molecule has 0 spiro atoms. The molecule has 3 aromatic rings. The van der Waals surface area contributed by atoms with Gasteiger partial charge < -0.3 is 19.9 Å². The van der Waals surface area contributed by atoms with Crippen LogP contribution in [-0.4, -0.2) is 38.0 Å². The fourth-order valence-corrected chi connectivity index (χ4v) is 6.36. The fraction of sp³-hybridized carbons (Fsp3) is 0.286. The molecular weight excluding hydrogens is 637 g/mol. The van der Waals surface area contributed by atoms with E-state index < -0.39 is 47.2 Å². The van der Waals surface area contributed by atoms with Crippen LogP contribution < -0.4 is 15.4 Å². The number of anilines is 1. The summed E-state index contributed by atoms with van der Waals surface area (Å²) in [6.45, 7) is 3.16. The molecular formula is C35H32ClF3N2O6. The van der Waals surface area contributed by atoms with Gasteiger partial charge in [0.15, 0.2) is 5.78 Å². The van der Waals surface area contributed by atoms with Crippen LogP contribution in [0.1, 0.15) is 48.8 Å². The second kappa shape index (κ2) is 13.5. The molecule has 0 saturated heterocycles. The van der Waals surface area contributed by atoms with E-state index in [1.165, 1.54) is 24.1 Å². The van der Waals surface area contributed by atoms with Crippen molar-refractivity contribution in [3.8, 4) is 5.75 Å². The topological polar surface area (TPSA) is 108 Å². The van der Waals surface area contributed by atoms with Crippen molar-refractivity contribution in [1.29, 1.82) is 0 Å². The van der Waals surface area contributed by atoms with Crippen molar-refractivity contribution >= 4 is 35.0 Å². The standard InChI is InChI=1S/C35H32ClF3N2O6/c1-4-46-33(43)28-25(20-8-6-11-24(16-20)45-3)18-26-29(31(28)42)27(19-12-14-22(36)15-13-19)30(34(44)47-5-2)32(40)41(26)23-10-7-9-21(17-23)35(37,38)39/h6-17,25,27-28H,4-5,18,40H2,1-3H3/t25-,27-,28+/m0/s1. The molecule has 8 nitrogen and oxygen atoms in total. The van der Waals surface area contributed by atoms with Gasteiger partial charge in [-0.2, -0.15) is 13.2 Å². The number of nitrogens with two attached hydrogens (primary N) is 1. The molecule has 3 aromatic carbocycles. The molecule has 0 fully saturated rings. The SMILES string of the molecule is CCOC(=O)C1=C(N)N(c2cccc(C(F)(F)F)c2)C2=C(C(=O)[C@H](C(=O)OCC)[C@H](c3cccc(OC)c3)C2)[C@@H]1c1ccc(Cl)cc1. The van der Waals surface area contributed by atoms with E-state index in [0.29, 0.717) is 21.9 Å². The van der Waals surface area contributed by atoms with Crippen LogP contribution in [0.2, 0.25) is 5.02 Å². The van der Waals surface area contributed by atoms with E-state index in [4.69, 9.17) is 31.5 Å². The second-order valence-corrected chi connectivity index (χ2v) is 11.4. The lowest BCUT2D eigenvalue weighted by atomic mass is 9.67. The maximum absolute atomic E-state index is 14.9. The zero-order valence-corrected chi connectivity index (χ0v) is 26.5. The average molecular weight is 669 g/mol. The molecule has 0 bridgehead atoms. The molecule has 2 aliphatic rings. The van der Waals surface area contributed by atoms with Gasteiger partial charge in [0, 0.05) is 27.9 Å². The van der Waals surface area contributed by atoms with Crippen LogP contribution in [-0.2, 0) is 30.0 Å². The zero-order valence-electron chi connectivity index (χ0n) is 25.8. The normalized spacial score (nSPS) is 19.8. The maximum Gasteiger partial charge on any atom is 0.416 e. The lowest BCUT2D eigenvalue weighted by molar-refractivity contribution is -0.152. The first-order chi connectivity index (χ1) is 22.4. The van der Waals surface area contributed by atoms with E-state index in [1.54, 1.807) is 62.4 Å². The summed E-state index contributed by atoms with van der Waals surface area (Å²) in [7, 11) is 1.48. The van der Waals surface area contributed by atoms with Gasteiger partial charge in [0.05, 0.1) is 37.4 Å². The molecule has 246 valence electrons. The van der Waals surface area contributed by atoms with E-state index in [2.05, 4.69) is 0 Å². The third-order valence-corrected chi connectivity index (χ3v) is 8.48. The minimum atomic E-state index is -4.70. The fourth-order valence-electron chi connectivity index (χ4n) is 6.23. The van der Waals surface area contributed by atoms with Crippen LogP contribution in [0.5, 0.6) is 5.75 Å². The average Bonchev–Trinajstić information content (AvgIpc) is 3.04. The molecule has 0 saturated carbocycles. The number of ether oxygens (including phenoxy) is 3. The molecule has 0 amide bonds. The van der Waals surface area contributed by atoms with E-state index in [0.717, 1.165) is 12.1 Å². The molecule has 3 atom stereocenters. The summed E-state index contributed by atoms with van der Waals surface area (Å²) in [4.78, 5) is 43.5. The van der Waals surface area contributed by atoms with E-state index in [1.807, 2.05) is 0 Å². The number of halogens is 4. The van der Waals surface area contributed by atoms with Crippen molar-refractivity contribution in [2.45, 2.75) is 38.3 Å². The number of carbonyl (C=O) groups excluding carboxylic acids is 3. The molecule has 1 aliphatic carbocycles. The Morgan fingerprint density at radius 3 is 2.28 bits per heavy atom. The number of benzene rings is 3. The molecule has 12 heteroatoms. The number of hydrogen-bond acceptors (Lipinski definition) is 8. The first-order valence-corrected chi connectivity index (χ1v) is 15.3. The molecule has 0 aromatic heterocycles. The smallest absolute Gasteiger partial charge is 0.416 e. The number of hydrogen-bond donors (Lipinski definition) is 1. The molecule has 2 N–H and O–H groups in total. The van der Waals surface area contributed by atoms with E-state index in [9.17, 15) is 27.6 Å². The Labute approximate surface area is 274 Å². The second-order valence-electron chi connectivity index (χ2n) is 10.9. The molecule has 47 heavy (non-hydrogen) atoms. The Morgan fingerprint density at radius 1 is 0.957 bits per heavy atom. The number of carbonyl (C=O) groups is 3. The van der Waals surface area contributed by atoms with Gasteiger partial charge in [-0.05, 0) is 73.9 Å². The summed E-state index contributed by atoms with van der Waals surface area (Å²) in [6.07, 6.45) is -4.73. The van der Waals surface area contributed by atoms with Gasteiger partial charge in [-0.1, -0.05) is 41.9 Å². The number of rotatable bonds is 8. The van der Waals surface area contributed by atoms with Gasteiger partial charge in [-0.15, -0.1) is 0 Å². The number of ketones is 1. The van der Waals surface area contributed by atoms with Crippen LogP contribution >= 0.6 is 11.6 Å². The Morgan fingerprint density at radius 2 is 1.64 bits per heavy atom. The van der Waals surface area contributed by atoms with Gasteiger partial charge in [0.2, 0.25) is 0 Å².